The maximum absolute atomic E-state index is 12.9. The van der Waals surface area contributed by atoms with Gasteiger partial charge in [-0.25, -0.2) is 9.78 Å². The van der Waals surface area contributed by atoms with E-state index in [-0.39, 0.29) is 12.0 Å². The molecule has 2 aromatic heterocycles. The Labute approximate surface area is 222 Å². The zero-order valence-corrected chi connectivity index (χ0v) is 22.7. The fourth-order valence-electron chi connectivity index (χ4n) is 3.64. The van der Waals surface area contributed by atoms with Crippen molar-refractivity contribution in [3.05, 3.63) is 54.4 Å². The molecular formula is C28H35N5O5. The van der Waals surface area contributed by atoms with Crippen molar-refractivity contribution < 1.29 is 23.8 Å². The lowest BCUT2D eigenvalue weighted by atomic mass is 10.2. The summed E-state index contributed by atoms with van der Waals surface area (Å²) in [5, 5.41) is 6.96. The molecule has 0 atom stereocenters. The number of ether oxygens (including phenoxy) is 3. The molecule has 0 radical (unpaired) electrons. The number of amides is 2. The smallest absolute Gasteiger partial charge is 0.416 e. The molecule has 0 unspecified atom stereocenters. The second-order valence-electron chi connectivity index (χ2n) is 10.7. The topological polar surface area (TPSA) is 108 Å². The van der Waals surface area contributed by atoms with Crippen molar-refractivity contribution in [1.82, 2.24) is 14.8 Å². The molecule has 2 amide bonds. The van der Waals surface area contributed by atoms with Crippen LogP contribution in [0.4, 0.5) is 16.4 Å². The highest BCUT2D eigenvalue weighted by Gasteiger charge is 2.31. The first kappa shape index (κ1) is 27.0. The van der Waals surface area contributed by atoms with E-state index in [0.717, 1.165) is 12.8 Å². The molecule has 0 spiro atoms. The number of carbonyl (C=O) groups is 2. The van der Waals surface area contributed by atoms with Gasteiger partial charge in [0.25, 0.3) is 5.91 Å². The minimum atomic E-state index is -0.606. The Morgan fingerprint density at radius 2 is 1.84 bits per heavy atom. The lowest BCUT2D eigenvalue weighted by Gasteiger charge is -2.26. The Balaban J connectivity index is 1.53. The standard InChI is InChI=1S/C28H35N5O5/c1-18(2)36-22-13-20(26(34)30-24-11-12-32(6)31-24)14-23(15-22)37-21-9-10-25(29-16-21)33(17-19-7-8-19)27(35)38-28(3,4)5/h9-16,18-19H,7-8,17H2,1-6H3,(H,30,31,34). The van der Waals surface area contributed by atoms with E-state index in [1.54, 1.807) is 65.4 Å². The fourth-order valence-corrected chi connectivity index (χ4v) is 3.64. The number of nitrogens with zero attached hydrogens (tertiary/aromatic N) is 4. The molecule has 10 heteroatoms. The van der Waals surface area contributed by atoms with Gasteiger partial charge in [0.15, 0.2) is 5.82 Å². The lowest BCUT2D eigenvalue weighted by Crippen LogP contribution is -2.38. The predicted molar refractivity (Wildman–Crippen MR) is 144 cm³/mol. The molecular weight excluding hydrogens is 486 g/mol. The van der Waals surface area contributed by atoms with Crippen LogP contribution in [0.1, 0.15) is 57.8 Å². The van der Waals surface area contributed by atoms with Gasteiger partial charge in [-0.2, -0.15) is 5.10 Å². The van der Waals surface area contributed by atoms with E-state index in [1.165, 1.54) is 0 Å². The van der Waals surface area contributed by atoms with Crippen LogP contribution in [0.25, 0.3) is 0 Å². The van der Waals surface area contributed by atoms with Gasteiger partial charge in [0.2, 0.25) is 0 Å². The van der Waals surface area contributed by atoms with Crippen LogP contribution in [0, 0.1) is 5.92 Å². The molecule has 1 aliphatic carbocycles. The Kier molecular flexibility index (Phi) is 7.89. The van der Waals surface area contributed by atoms with Crippen molar-refractivity contribution in [1.29, 1.82) is 0 Å². The van der Waals surface area contributed by atoms with E-state index in [4.69, 9.17) is 14.2 Å². The minimum Gasteiger partial charge on any atom is -0.491 e. The van der Waals surface area contributed by atoms with Crippen LogP contribution in [0.3, 0.4) is 0 Å². The van der Waals surface area contributed by atoms with Crippen LogP contribution in [-0.4, -0.2) is 45.0 Å². The molecule has 0 bridgehead atoms. The number of carbonyl (C=O) groups excluding carboxylic acids is 2. The molecule has 0 aliphatic heterocycles. The summed E-state index contributed by atoms with van der Waals surface area (Å²) in [5.41, 5.74) is -0.250. The number of hydrogen-bond donors (Lipinski definition) is 1. The van der Waals surface area contributed by atoms with Crippen LogP contribution in [0.5, 0.6) is 17.2 Å². The van der Waals surface area contributed by atoms with Gasteiger partial charge in [0, 0.05) is 37.5 Å². The Bertz CT molecular complexity index is 1280. The Morgan fingerprint density at radius 3 is 2.42 bits per heavy atom. The number of nitrogens with one attached hydrogen (secondary N) is 1. The van der Waals surface area contributed by atoms with Gasteiger partial charge in [-0.05, 0) is 77.6 Å². The molecule has 1 N–H and O–H groups in total. The largest absolute Gasteiger partial charge is 0.491 e. The molecule has 0 saturated heterocycles. The van der Waals surface area contributed by atoms with Crippen molar-refractivity contribution in [3.8, 4) is 17.2 Å². The SMILES string of the molecule is CC(C)Oc1cc(Oc2ccc(N(CC3CC3)C(=O)OC(C)(C)C)nc2)cc(C(=O)Nc2ccn(C)n2)c1. The number of rotatable bonds is 9. The molecule has 1 aliphatic rings. The Morgan fingerprint density at radius 1 is 1.11 bits per heavy atom. The van der Waals surface area contributed by atoms with Gasteiger partial charge in [0.1, 0.15) is 28.7 Å². The maximum atomic E-state index is 12.9. The lowest BCUT2D eigenvalue weighted by molar-refractivity contribution is 0.0577. The first-order chi connectivity index (χ1) is 17.9. The normalized spacial score (nSPS) is 13.2. The van der Waals surface area contributed by atoms with Crippen molar-refractivity contribution in [2.24, 2.45) is 13.0 Å². The zero-order valence-electron chi connectivity index (χ0n) is 22.7. The highest BCUT2D eigenvalue weighted by molar-refractivity contribution is 6.04. The third-order valence-electron chi connectivity index (χ3n) is 5.45. The first-order valence-electron chi connectivity index (χ1n) is 12.7. The maximum Gasteiger partial charge on any atom is 0.416 e. The van der Waals surface area contributed by atoms with E-state index in [2.05, 4.69) is 15.4 Å². The van der Waals surface area contributed by atoms with Crippen molar-refractivity contribution in [2.75, 3.05) is 16.8 Å². The number of aromatic nitrogens is 3. The number of anilines is 2. The number of pyridine rings is 1. The molecule has 10 nitrogen and oxygen atoms in total. The van der Waals surface area contributed by atoms with Gasteiger partial charge in [-0.15, -0.1) is 0 Å². The van der Waals surface area contributed by atoms with E-state index in [1.807, 2.05) is 34.6 Å². The molecule has 1 saturated carbocycles. The van der Waals surface area contributed by atoms with Gasteiger partial charge >= 0.3 is 6.09 Å². The predicted octanol–water partition coefficient (Wildman–Crippen LogP) is 5.80. The number of benzene rings is 1. The van der Waals surface area contributed by atoms with Crippen LogP contribution in [-0.2, 0) is 11.8 Å². The van der Waals surface area contributed by atoms with E-state index >= 15 is 0 Å². The van der Waals surface area contributed by atoms with Gasteiger partial charge < -0.3 is 19.5 Å². The highest BCUT2D eigenvalue weighted by Crippen LogP contribution is 2.33. The summed E-state index contributed by atoms with van der Waals surface area (Å²) in [6, 6.07) is 10.2. The van der Waals surface area contributed by atoms with Gasteiger partial charge in [-0.1, -0.05) is 0 Å². The zero-order chi connectivity index (χ0) is 27.4. The fraction of sp³-hybridized carbons (Fsp3) is 0.429. The van der Waals surface area contributed by atoms with E-state index < -0.39 is 11.7 Å². The highest BCUT2D eigenvalue weighted by atomic mass is 16.6. The van der Waals surface area contributed by atoms with Crippen molar-refractivity contribution in [2.45, 2.75) is 59.2 Å². The van der Waals surface area contributed by atoms with Gasteiger partial charge in [0.05, 0.1) is 12.3 Å². The van der Waals surface area contributed by atoms with Crippen LogP contribution >= 0.6 is 0 Å². The third kappa shape index (κ3) is 7.71. The summed E-state index contributed by atoms with van der Waals surface area (Å²) in [7, 11) is 1.77. The van der Waals surface area contributed by atoms with Gasteiger partial charge in [-0.3, -0.25) is 14.4 Å². The average Bonchev–Trinajstić information content (AvgIpc) is 3.55. The quantitative estimate of drug-likeness (QED) is 0.379. The summed E-state index contributed by atoms with van der Waals surface area (Å²) in [5.74, 6) is 2.40. The first-order valence-corrected chi connectivity index (χ1v) is 12.7. The summed E-state index contributed by atoms with van der Waals surface area (Å²) in [4.78, 5) is 31.8. The number of hydrogen-bond acceptors (Lipinski definition) is 7. The summed E-state index contributed by atoms with van der Waals surface area (Å²) in [6.07, 6.45) is 4.95. The monoisotopic (exact) mass is 521 g/mol. The third-order valence-corrected chi connectivity index (χ3v) is 5.45. The van der Waals surface area contributed by atoms with Crippen LogP contribution in [0.2, 0.25) is 0 Å². The molecule has 38 heavy (non-hydrogen) atoms. The molecule has 1 aromatic carbocycles. The van der Waals surface area contributed by atoms with E-state index in [0.29, 0.717) is 46.9 Å². The minimum absolute atomic E-state index is 0.0943. The summed E-state index contributed by atoms with van der Waals surface area (Å²) < 4.78 is 19.1. The average molecular weight is 522 g/mol. The van der Waals surface area contributed by atoms with Crippen LogP contribution < -0.4 is 19.7 Å². The summed E-state index contributed by atoms with van der Waals surface area (Å²) in [6.45, 7) is 9.89. The molecule has 202 valence electrons. The summed E-state index contributed by atoms with van der Waals surface area (Å²) >= 11 is 0. The second kappa shape index (κ2) is 11.1. The van der Waals surface area contributed by atoms with E-state index in [9.17, 15) is 9.59 Å². The Hall–Kier alpha value is -4.08. The van der Waals surface area contributed by atoms with Crippen molar-refractivity contribution >= 4 is 23.6 Å². The molecule has 3 aromatic rings. The molecule has 2 heterocycles. The molecule has 1 fully saturated rings. The molecule has 4 rings (SSSR count). The van der Waals surface area contributed by atoms with Crippen molar-refractivity contribution in [3.63, 3.8) is 0 Å². The number of aryl methyl sites for hydroxylation is 1. The van der Waals surface area contributed by atoms with Crippen LogP contribution in [0.15, 0.2) is 48.8 Å². The second-order valence-corrected chi connectivity index (χ2v) is 10.7.